The molecule has 1 aromatic heterocycles. The highest BCUT2D eigenvalue weighted by molar-refractivity contribution is 5.47. The Bertz CT molecular complexity index is 654. The first-order chi connectivity index (χ1) is 8.86. The number of hydrogen-bond donors (Lipinski definition) is 0. The molecule has 0 aliphatic rings. The van der Waals surface area contributed by atoms with Crippen molar-refractivity contribution in [3.8, 4) is 11.8 Å². The summed E-state index contributed by atoms with van der Waals surface area (Å²) in [5, 5.41) is 17.4. The average molecular weight is 254 g/mol. The van der Waals surface area contributed by atoms with Crippen LogP contribution in [0.25, 0.3) is 5.69 Å². The molecule has 0 saturated heterocycles. The van der Waals surface area contributed by atoms with E-state index in [1.807, 2.05) is 12.1 Å². The summed E-state index contributed by atoms with van der Waals surface area (Å²) in [7, 11) is 0. The first-order valence-electron chi connectivity index (χ1n) is 6.29. The summed E-state index contributed by atoms with van der Waals surface area (Å²) in [5.41, 5.74) is 4.40. The van der Waals surface area contributed by atoms with E-state index in [-0.39, 0.29) is 5.41 Å². The molecule has 0 amide bonds. The summed E-state index contributed by atoms with van der Waals surface area (Å²) in [4.78, 5) is 0. The van der Waals surface area contributed by atoms with Gasteiger partial charge in [-0.2, -0.15) is 5.26 Å². The maximum atomic E-state index is 9.20. The Hall–Kier alpha value is -2.15. The number of hydrogen-bond acceptors (Lipinski definition) is 3. The van der Waals surface area contributed by atoms with Gasteiger partial charge in [0, 0.05) is 5.41 Å². The molecule has 2 rings (SSSR count). The van der Waals surface area contributed by atoms with Crippen LogP contribution in [0, 0.1) is 25.2 Å². The topological polar surface area (TPSA) is 54.5 Å². The van der Waals surface area contributed by atoms with Crippen LogP contribution in [0.4, 0.5) is 0 Å². The minimum Gasteiger partial charge on any atom is -0.215 e. The highest BCUT2D eigenvalue weighted by atomic mass is 15.4. The van der Waals surface area contributed by atoms with Crippen molar-refractivity contribution in [2.24, 2.45) is 0 Å². The number of rotatable bonds is 1. The third-order valence-corrected chi connectivity index (χ3v) is 3.29. The Labute approximate surface area is 113 Å². The van der Waals surface area contributed by atoms with E-state index in [2.05, 4.69) is 57.1 Å². The van der Waals surface area contributed by atoms with Crippen molar-refractivity contribution in [2.45, 2.75) is 40.0 Å². The third kappa shape index (κ3) is 2.24. The zero-order chi connectivity index (χ0) is 14.2. The van der Waals surface area contributed by atoms with Crippen LogP contribution in [-0.2, 0) is 5.41 Å². The molecule has 1 aromatic carbocycles. The summed E-state index contributed by atoms with van der Waals surface area (Å²) in [6.07, 6.45) is 0. The second kappa shape index (κ2) is 4.51. The Balaban J connectivity index is 2.75. The van der Waals surface area contributed by atoms with Gasteiger partial charge >= 0.3 is 0 Å². The number of aromatic nitrogens is 3. The molecule has 0 N–H and O–H groups in total. The van der Waals surface area contributed by atoms with Crippen LogP contribution in [0.15, 0.2) is 18.2 Å². The van der Waals surface area contributed by atoms with Crippen molar-refractivity contribution in [3.63, 3.8) is 0 Å². The predicted molar refractivity (Wildman–Crippen MR) is 74.2 cm³/mol. The Morgan fingerprint density at radius 3 is 2.47 bits per heavy atom. The van der Waals surface area contributed by atoms with Gasteiger partial charge in [-0.1, -0.05) is 38.1 Å². The standard InChI is InChI=1S/C15H18N4/c1-10-7-6-8-13(11(10)2)19-14(15(3,4)5)12(9-16)17-18-19/h6-8H,1-5H3. The maximum Gasteiger partial charge on any atom is 0.186 e. The van der Waals surface area contributed by atoms with E-state index in [1.54, 1.807) is 4.68 Å². The van der Waals surface area contributed by atoms with Crippen LogP contribution in [0.2, 0.25) is 0 Å². The van der Waals surface area contributed by atoms with E-state index in [1.165, 1.54) is 5.56 Å². The van der Waals surface area contributed by atoms with E-state index in [0.29, 0.717) is 5.69 Å². The normalized spacial score (nSPS) is 11.4. The van der Waals surface area contributed by atoms with Gasteiger partial charge < -0.3 is 0 Å². The van der Waals surface area contributed by atoms with Gasteiger partial charge in [0.15, 0.2) is 5.69 Å². The molecule has 19 heavy (non-hydrogen) atoms. The van der Waals surface area contributed by atoms with Gasteiger partial charge in [-0.3, -0.25) is 0 Å². The highest BCUT2D eigenvalue weighted by Gasteiger charge is 2.26. The molecule has 0 saturated carbocycles. The molecule has 4 heteroatoms. The summed E-state index contributed by atoms with van der Waals surface area (Å²) >= 11 is 0. The molecule has 0 unspecified atom stereocenters. The zero-order valence-corrected chi connectivity index (χ0v) is 12.0. The molecule has 2 aromatic rings. The molecule has 0 aliphatic carbocycles. The fourth-order valence-corrected chi connectivity index (χ4v) is 2.16. The largest absolute Gasteiger partial charge is 0.215 e. The van der Waals surface area contributed by atoms with Crippen LogP contribution in [0.5, 0.6) is 0 Å². The molecule has 0 spiro atoms. The van der Waals surface area contributed by atoms with Gasteiger partial charge in [0.2, 0.25) is 0 Å². The molecule has 0 aliphatic heterocycles. The molecule has 0 fully saturated rings. The fraction of sp³-hybridized carbons (Fsp3) is 0.400. The van der Waals surface area contributed by atoms with E-state index in [0.717, 1.165) is 16.9 Å². The molecular weight excluding hydrogens is 236 g/mol. The monoisotopic (exact) mass is 254 g/mol. The van der Waals surface area contributed by atoms with Gasteiger partial charge in [-0.05, 0) is 31.0 Å². The summed E-state index contributed by atoms with van der Waals surface area (Å²) in [6.45, 7) is 10.3. The lowest BCUT2D eigenvalue weighted by atomic mass is 9.90. The average Bonchev–Trinajstić information content (AvgIpc) is 2.76. The van der Waals surface area contributed by atoms with Crippen LogP contribution in [0.3, 0.4) is 0 Å². The van der Waals surface area contributed by atoms with Gasteiger partial charge in [0.05, 0.1) is 11.4 Å². The van der Waals surface area contributed by atoms with Crippen molar-refractivity contribution in [3.05, 3.63) is 40.7 Å². The van der Waals surface area contributed by atoms with Crippen molar-refractivity contribution in [1.82, 2.24) is 15.0 Å². The summed E-state index contributed by atoms with van der Waals surface area (Å²) in [6, 6.07) is 8.20. The van der Waals surface area contributed by atoms with Gasteiger partial charge in [0.25, 0.3) is 0 Å². The van der Waals surface area contributed by atoms with Gasteiger partial charge in [-0.15, -0.1) is 5.10 Å². The first-order valence-corrected chi connectivity index (χ1v) is 6.29. The Morgan fingerprint density at radius 1 is 1.21 bits per heavy atom. The molecule has 0 bridgehead atoms. The van der Waals surface area contributed by atoms with Crippen LogP contribution in [-0.4, -0.2) is 15.0 Å². The minimum absolute atomic E-state index is 0.190. The highest BCUT2D eigenvalue weighted by Crippen LogP contribution is 2.28. The molecule has 98 valence electrons. The zero-order valence-electron chi connectivity index (χ0n) is 12.0. The number of aryl methyl sites for hydroxylation is 1. The third-order valence-electron chi connectivity index (χ3n) is 3.29. The SMILES string of the molecule is Cc1cccc(-n2nnc(C#N)c2C(C)(C)C)c1C. The Kier molecular flexibility index (Phi) is 3.15. The Morgan fingerprint density at radius 2 is 1.89 bits per heavy atom. The van der Waals surface area contributed by atoms with Crippen molar-refractivity contribution >= 4 is 0 Å². The summed E-state index contributed by atoms with van der Waals surface area (Å²) in [5.74, 6) is 0. The number of nitriles is 1. The molecule has 1 heterocycles. The first kappa shape index (κ1) is 13.3. The lowest BCUT2D eigenvalue weighted by Gasteiger charge is -2.21. The summed E-state index contributed by atoms with van der Waals surface area (Å²) < 4.78 is 1.79. The fourth-order valence-electron chi connectivity index (χ4n) is 2.16. The van der Waals surface area contributed by atoms with E-state index < -0.39 is 0 Å². The van der Waals surface area contributed by atoms with E-state index >= 15 is 0 Å². The van der Waals surface area contributed by atoms with Crippen molar-refractivity contribution in [2.75, 3.05) is 0 Å². The minimum atomic E-state index is -0.190. The predicted octanol–water partition coefficient (Wildman–Crippen LogP) is 3.05. The van der Waals surface area contributed by atoms with Crippen LogP contribution in [0.1, 0.15) is 43.3 Å². The molecule has 0 atom stereocenters. The van der Waals surface area contributed by atoms with Crippen LogP contribution >= 0.6 is 0 Å². The lowest BCUT2D eigenvalue weighted by Crippen LogP contribution is -2.19. The number of nitrogens with zero attached hydrogens (tertiary/aromatic N) is 4. The second-order valence-electron chi connectivity index (χ2n) is 5.78. The number of benzene rings is 1. The van der Waals surface area contributed by atoms with Gasteiger partial charge in [0.1, 0.15) is 6.07 Å². The quantitative estimate of drug-likeness (QED) is 0.786. The van der Waals surface area contributed by atoms with Crippen molar-refractivity contribution < 1.29 is 0 Å². The van der Waals surface area contributed by atoms with E-state index in [4.69, 9.17) is 0 Å². The maximum absolute atomic E-state index is 9.20. The van der Waals surface area contributed by atoms with Crippen LogP contribution < -0.4 is 0 Å². The molecule has 4 nitrogen and oxygen atoms in total. The smallest absolute Gasteiger partial charge is 0.186 e. The molecular formula is C15H18N4. The van der Waals surface area contributed by atoms with Crippen molar-refractivity contribution in [1.29, 1.82) is 5.26 Å². The van der Waals surface area contributed by atoms with Gasteiger partial charge in [-0.25, -0.2) is 4.68 Å². The second-order valence-corrected chi connectivity index (χ2v) is 5.78. The lowest BCUT2D eigenvalue weighted by molar-refractivity contribution is 0.541. The van der Waals surface area contributed by atoms with E-state index in [9.17, 15) is 5.26 Å². The molecule has 0 radical (unpaired) electrons.